The van der Waals surface area contributed by atoms with Gasteiger partial charge in [-0.25, -0.2) is 0 Å². The number of benzene rings is 2. The number of amides is 2. The molecule has 0 aromatic heterocycles. The largest absolute Gasteiger partial charge is 0.326 e. The molecular weight excluding hydrogens is 367 g/mol. The molecule has 3 rings (SSSR count). The van der Waals surface area contributed by atoms with Gasteiger partial charge in [0.2, 0.25) is 11.8 Å². The zero-order valence-electron chi connectivity index (χ0n) is 12.6. The number of hydrogen-bond donors (Lipinski definition) is 1. The van der Waals surface area contributed by atoms with Crippen LogP contribution in [0.5, 0.6) is 0 Å². The first-order valence-electron chi connectivity index (χ1n) is 7.31. The van der Waals surface area contributed by atoms with Crippen LogP contribution in [0, 0.1) is 0 Å². The molecule has 0 spiro atoms. The second kappa shape index (κ2) is 7.47. The third-order valence-corrected chi connectivity index (χ3v) is 5.36. The molecule has 0 aliphatic carbocycles. The normalized spacial score (nSPS) is 13.6. The van der Waals surface area contributed by atoms with Crippen molar-refractivity contribution in [3.8, 4) is 0 Å². The first-order valence-corrected chi connectivity index (χ1v) is 9.06. The number of thioether (sulfide) groups is 1. The zero-order chi connectivity index (χ0) is 17.1. The van der Waals surface area contributed by atoms with Gasteiger partial charge in [0.25, 0.3) is 0 Å². The van der Waals surface area contributed by atoms with Crippen LogP contribution in [0.2, 0.25) is 10.0 Å². The summed E-state index contributed by atoms with van der Waals surface area (Å²) in [5.41, 5.74) is 1.44. The fourth-order valence-corrected chi connectivity index (χ4v) is 3.64. The van der Waals surface area contributed by atoms with Crippen LogP contribution in [0.4, 0.5) is 11.4 Å². The summed E-state index contributed by atoms with van der Waals surface area (Å²) in [4.78, 5) is 27.0. The molecule has 0 saturated carbocycles. The molecule has 7 heteroatoms. The summed E-state index contributed by atoms with van der Waals surface area (Å²) in [7, 11) is 0. The number of anilines is 2. The van der Waals surface area contributed by atoms with Gasteiger partial charge < -0.3 is 10.2 Å². The van der Waals surface area contributed by atoms with Crippen molar-refractivity contribution in [2.45, 2.75) is 11.3 Å². The fraction of sp³-hybridized carbons (Fsp3) is 0.176. The molecule has 0 saturated heterocycles. The van der Waals surface area contributed by atoms with Gasteiger partial charge in [0, 0.05) is 23.5 Å². The third-order valence-electron chi connectivity index (χ3n) is 3.57. The summed E-state index contributed by atoms with van der Waals surface area (Å²) >= 11 is 13.3. The summed E-state index contributed by atoms with van der Waals surface area (Å²) in [6.45, 7) is 0.337. The fourth-order valence-electron chi connectivity index (χ4n) is 2.41. The average Bonchev–Trinajstić information content (AvgIpc) is 2.57. The van der Waals surface area contributed by atoms with Crippen LogP contribution in [-0.4, -0.2) is 24.1 Å². The highest BCUT2D eigenvalue weighted by atomic mass is 35.5. The van der Waals surface area contributed by atoms with Gasteiger partial charge in [-0.2, -0.15) is 0 Å². The first kappa shape index (κ1) is 17.1. The Kier molecular flexibility index (Phi) is 5.33. The smallest absolute Gasteiger partial charge is 0.237 e. The van der Waals surface area contributed by atoms with Crippen molar-refractivity contribution in [1.29, 1.82) is 0 Å². The lowest BCUT2D eigenvalue weighted by Crippen LogP contribution is -2.37. The van der Waals surface area contributed by atoms with E-state index in [9.17, 15) is 9.59 Å². The van der Waals surface area contributed by atoms with Crippen molar-refractivity contribution < 1.29 is 9.59 Å². The second-order valence-electron chi connectivity index (χ2n) is 5.23. The summed E-state index contributed by atoms with van der Waals surface area (Å²) in [6.07, 6.45) is 0.199. The molecule has 1 N–H and O–H groups in total. The first-order chi connectivity index (χ1) is 11.5. The zero-order valence-corrected chi connectivity index (χ0v) is 14.9. The van der Waals surface area contributed by atoms with Gasteiger partial charge in [0.1, 0.15) is 0 Å². The van der Waals surface area contributed by atoms with Crippen molar-refractivity contribution in [2.24, 2.45) is 0 Å². The van der Waals surface area contributed by atoms with E-state index in [1.165, 1.54) is 11.8 Å². The number of para-hydroxylation sites is 1. The van der Waals surface area contributed by atoms with E-state index in [1.807, 2.05) is 24.3 Å². The van der Waals surface area contributed by atoms with Gasteiger partial charge in [0.15, 0.2) is 0 Å². The summed E-state index contributed by atoms with van der Waals surface area (Å²) in [5, 5.41) is 3.58. The molecule has 2 aromatic rings. The minimum atomic E-state index is -0.183. The van der Waals surface area contributed by atoms with Crippen molar-refractivity contribution in [1.82, 2.24) is 0 Å². The Labute approximate surface area is 154 Å². The van der Waals surface area contributed by atoms with Crippen molar-refractivity contribution in [2.75, 3.05) is 22.5 Å². The van der Waals surface area contributed by atoms with Crippen LogP contribution in [0.15, 0.2) is 47.4 Å². The number of nitrogens with one attached hydrogen (secondary N) is 1. The van der Waals surface area contributed by atoms with Gasteiger partial charge in [-0.15, -0.1) is 11.8 Å². The maximum absolute atomic E-state index is 12.2. The number of carbonyl (C=O) groups is 2. The minimum absolute atomic E-state index is 0.0148. The van der Waals surface area contributed by atoms with E-state index in [0.717, 1.165) is 10.6 Å². The van der Waals surface area contributed by atoms with Gasteiger partial charge in [0.05, 0.1) is 21.5 Å². The minimum Gasteiger partial charge on any atom is -0.326 e. The molecule has 24 heavy (non-hydrogen) atoms. The van der Waals surface area contributed by atoms with Crippen LogP contribution < -0.4 is 10.2 Å². The summed E-state index contributed by atoms with van der Waals surface area (Å²) in [5.74, 6) is 0.226. The number of rotatable bonds is 4. The van der Waals surface area contributed by atoms with E-state index in [1.54, 1.807) is 23.1 Å². The highest BCUT2D eigenvalue weighted by molar-refractivity contribution is 8.00. The monoisotopic (exact) mass is 380 g/mol. The SMILES string of the molecule is O=C(CCN1C(=O)CSc2ccccc21)Nc1ccc(Cl)c(Cl)c1. The molecule has 0 radical (unpaired) electrons. The van der Waals surface area contributed by atoms with E-state index < -0.39 is 0 Å². The number of halogens is 2. The van der Waals surface area contributed by atoms with Gasteiger partial charge >= 0.3 is 0 Å². The molecule has 0 fully saturated rings. The van der Waals surface area contributed by atoms with E-state index in [0.29, 0.717) is 28.0 Å². The van der Waals surface area contributed by atoms with Crippen LogP contribution in [0.25, 0.3) is 0 Å². The second-order valence-corrected chi connectivity index (χ2v) is 7.06. The molecule has 124 valence electrons. The Balaban J connectivity index is 1.64. The number of fused-ring (bicyclic) bond motifs is 1. The van der Waals surface area contributed by atoms with Crippen LogP contribution >= 0.6 is 35.0 Å². The predicted molar refractivity (Wildman–Crippen MR) is 99.2 cm³/mol. The molecule has 1 heterocycles. The van der Waals surface area contributed by atoms with Gasteiger partial charge in [-0.05, 0) is 30.3 Å². The molecule has 4 nitrogen and oxygen atoms in total. The maximum atomic E-state index is 12.2. The summed E-state index contributed by atoms with van der Waals surface area (Å²) in [6, 6.07) is 12.6. The third kappa shape index (κ3) is 3.86. The number of hydrogen-bond acceptors (Lipinski definition) is 3. The van der Waals surface area contributed by atoms with E-state index in [2.05, 4.69) is 5.32 Å². The van der Waals surface area contributed by atoms with Crippen LogP contribution in [-0.2, 0) is 9.59 Å². The molecule has 1 aliphatic heterocycles. The van der Waals surface area contributed by atoms with Crippen molar-refractivity contribution in [3.05, 3.63) is 52.5 Å². The molecule has 1 aliphatic rings. The Morgan fingerprint density at radius 1 is 1.17 bits per heavy atom. The Bertz CT molecular complexity index is 798. The Morgan fingerprint density at radius 2 is 1.96 bits per heavy atom. The quantitative estimate of drug-likeness (QED) is 0.851. The highest BCUT2D eigenvalue weighted by Crippen LogP contribution is 2.34. The molecule has 0 unspecified atom stereocenters. The lowest BCUT2D eigenvalue weighted by atomic mass is 10.2. The van der Waals surface area contributed by atoms with E-state index in [-0.39, 0.29) is 18.2 Å². The van der Waals surface area contributed by atoms with Crippen LogP contribution in [0.3, 0.4) is 0 Å². The van der Waals surface area contributed by atoms with Gasteiger partial charge in [-0.3, -0.25) is 9.59 Å². The lowest BCUT2D eigenvalue weighted by Gasteiger charge is -2.28. The molecule has 2 aromatic carbocycles. The maximum Gasteiger partial charge on any atom is 0.237 e. The molecular formula is C17H14Cl2N2O2S. The van der Waals surface area contributed by atoms with E-state index in [4.69, 9.17) is 23.2 Å². The van der Waals surface area contributed by atoms with Crippen molar-refractivity contribution in [3.63, 3.8) is 0 Å². The van der Waals surface area contributed by atoms with Crippen LogP contribution in [0.1, 0.15) is 6.42 Å². The number of nitrogens with zero attached hydrogens (tertiary/aromatic N) is 1. The van der Waals surface area contributed by atoms with Gasteiger partial charge in [-0.1, -0.05) is 35.3 Å². The average molecular weight is 381 g/mol. The number of carbonyl (C=O) groups excluding carboxylic acids is 2. The Hall–Kier alpha value is -1.69. The van der Waals surface area contributed by atoms with E-state index >= 15 is 0 Å². The standard InChI is InChI=1S/C17H14Cl2N2O2S/c18-12-6-5-11(9-13(12)19)20-16(22)7-8-21-14-3-1-2-4-15(14)24-10-17(21)23/h1-6,9H,7-8,10H2,(H,20,22). The summed E-state index contributed by atoms with van der Waals surface area (Å²) < 4.78 is 0. The van der Waals surface area contributed by atoms with Crippen molar-refractivity contribution >= 4 is 58.2 Å². The molecule has 0 bridgehead atoms. The highest BCUT2D eigenvalue weighted by Gasteiger charge is 2.24. The molecule has 2 amide bonds. The topological polar surface area (TPSA) is 49.4 Å². The molecule has 0 atom stereocenters. The predicted octanol–water partition coefficient (Wildman–Crippen LogP) is 4.46. The lowest BCUT2D eigenvalue weighted by molar-refractivity contribution is -0.117. The Morgan fingerprint density at radius 3 is 2.75 bits per heavy atom.